The van der Waals surface area contributed by atoms with E-state index in [2.05, 4.69) is 20.6 Å². The number of pyridine rings is 1. The predicted octanol–water partition coefficient (Wildman–Crippen LogP) is 1.16. The molecule has 0 spiro atoms. The molecule has 110 valence electrons. The number of carbonyl (C=O) groups excluding carboxylic acids is 1. The molecule has 0 aliphatic carbocycles. The van der Waals surface area contributed by atoms with Crippen LogP contribution >= 0.6 is 0 Å². The topological polar surface area (TPSA) is 80.9 Å². The third-order valence-corrected chi connectivity index (χ3v) is 3.55. The molecular formula is C14H17N5O2. The van der Waals surface area contributed by atoms with Crippen LogP contribution in [0.25, 0.3) is 5.65 Å². The highest BCUT2D eigenvalue weighted by Gasteiger charge is 2.25. The van der Waals surface area contributed by atoms with E-state index >= 15 is 0 Å². The molecule has 1 aliphatic rings. The van der Waals surface area contributed by atoms with Gasteiger partial charge < -0.3 is 4.74 Å². The number of carbonyl (C=O) groups is 1. The largest absolute Gasteiger partial charge is 0.481 e. The zero-order valence-electron chi connectivity index (χ0n) is 12.3. The highest BCUT2D eigenvalue weighted by molar-refractivity contribution is 6.09. The van der Waals surface area contributed by atoms with Crippen LogP contribution in [0.2, 0.25) is 0 Å². The van der Waals surface area contributed by atoms with Crippen molar-refractivity contribution in [3.05, 3.63) is 23.5 Å². The number of aromatic nitrogens is 3. The Hall–Kier alpha value is -2.44. The van der Waals surface area contributed by atoms with E-state index in [1.165, 1.54) is 0 Å². The van der Waals surface area contributed by atoms with E-state index < -0.39 is 0 Å². The molecule has 21 heavy (non-hydrogen) atoms. The molecule has 7 nitrogen and oxygen atoms in total. The molecule has 0 radical (unpaired) electrons. The van der Waals surface area contributed by atoms with Crippen molar-refractivity contribution in [2.75, 3.05) is 7.11 Å². The van der Waals surface area contributed by atoms with Crippen molar-refractivity contribution in [3.8, 4) is 5.88 Å². The van der Waals surface area contributed by atoms with Crippen molar-refractivity contribution in [3.63, 3.8) is 0 Å². The van der Waals surface area contributed by atoms with E-state index in [9.17, 15) is 4.79 Å². The first-order valence-electron chi connectivity index (χ1n) is 6.93. The van der Waals surface area contributed by atoms with Crippen LogP contribution in [0, 0.1) is 5.92 Å². The molecule has 1 unspecified atom stereocenters. The number of fused-ring (bicyclic) bond motifs is 1. The van der Waals surface area contributed by atoms with Gasteiger partial charge in [0.2, 0.25) is 11.8 Å². The molecule has 0 saturated carbocycles. The fourth-order valence-corrected chi connectivity index (χ4v) is 2.47. The maximum absolute atomic E-state index is 11.4. The second-order valence-electron chi connectivity index (χ2n) is 5.04. The quantitative estimate of drug-likeness (QED) is 0.918. The molecule has 2 aromatic heterocycles. The number of hydrogen-bond donors (Lipinski definition) is 1. The molecule has 1 aliphatic heterocycles. The molecule has 0 saturated heterocycles. The lowest BCUT2D eigenvalue weighted by molar-refractivity contribution is -0.121. The number of nitrogens with one attached hydrogen (secondary N) is 1. The Morgan fingerprint density at radius 2 is 2.29 bits per heavy atom. The van der Waals surface area contributed by atoms with Crippen LogP contribution in [0.5, 0.6) is 5.88 Å². The highest BCUT2D eigenvalue weighted by Crippen LogP contribution is 2.23. The first kappa shape index (κ1) is 13.5. The number of nitrogens with zero attached hydrogens (tertiary/aromatic N) is 4. The van der Waals surface area contributed by atoms with Gasteiger partial charge in [-0.1, -0.05) is 13.8 Å². The molecule has 0 fully saturated rings. The van der Waals surface area contributed by atoms with Crippen LogP contribution in [-0.4, -0.2) is 33.3 Å². The van der Waals surface area contributed by atoms with Gasteiger partial charge in [0.05, 0.1) is 12.8 Å². The van der Waals surface area contributed by atoms with Crippen molar-refractivity contribution in [1.29, 1.82) is 0 Å². The third kappa shape index (κ3) is 2.24. The summed E-state index contributed by atoms with van der Waals surface area (Å²) in [6.07, 6.45) is 1.16. The molecule has 7 heteroatoms. The van der Waals surface area contributed by atoms with Gasteiger partial charge in [-0.25, -0.2) is 10.4 Å². The van der Waals surface area contributed by atoms with Gasteiger partial charge in [-0.3, -0.25) is 4.79 Å². The van der Waals surface area contributed by atoms with Gasteiger partial charge in [-0.15, -0.1) is 5.10 Å². The monoisotopic (exact) mass is 287 g/mol. The van der Waals surface area contributed by atoms with Crippen LogP contribution in [-0.2, 0) is 11.2 Å². The van der Waals surface area contributed by atoms with E-state index in [0.29, 0.717) is 17.9 Å². The minimum Gasteiger partial charge on any atom is -0.481 e. The van der Waals surface area contributed by atoms with Crippen LogP contribution < -0.4 is 10.2 Å². The van der Waals surface area contributed by atoms with Gasteiger partial charge in [0, 0.05) is 30.4 Å². The molecule has 0 aromatic carbocycles. The van der Waals surface area contributed by atoms with Crippen LogP contribution in [0.3, 0.4) is 0 Å². The maximum Gasteiger partial charge on any atom is 0.240 e. The zero-order chi connectivity index (χ0) is 15.0. The Morgan fingerprint density at radius 1 is 1.48 bits per heavy atom. The summed E-state index contributed by atoms with van der Waals surface area (Å²) in [6, 6.07) is 3.75. The summed E-state index contributed by atoms with van der Waals surface area (Å²) in [5, 5.41) is 8.63. The third-order valence-electron chi connectivity index (χ3n) is 3.55. The Bertz CT molecular complexity index is 734. The minimum atomic E-state index is -0.0634. The van der Waals surface area contributed by atoms with Crippen molar-refractivity contribution >= 4 is 17.3 Å². The SMILES string of the molecule is CCc1nc2c(C3=NNC(=O)CC3C)ccc(OC)n2n1. The number of aryl methyl sites for hydroxylation is 1. The summed E-state index contributed by atoms with van der Waals surface area (Å²) >= 11 is 0. The number of hydrogen-bond acceptors (Lipinski definition) is 5. The molecule has 1 amide bonds. The van der Waals surface area contributed by atoms with Gasteiger partial charge in [0.1, 0.15) is 0 Å². The predicted molar refractivity (Wildman–Crippen MR) is 77.4 cm³/mol. The zero-order valence-corrected chi connectivity index (χ0v) is 12.3. The number of methoxy groups -OCH3 is 1. The Morgan fingerprint density at radius 3 is 2.95 bits per heavy atom. The summed E-state index contributed by atoms with van der Waals surface area (Å²) < 4.78 is 7.00. The van der Waals surface area contributed by atoms with E-state index in [-0.39, 0.29) is 11.8 Å². The molecular weight excluding hydrogens is 270 g/mol. The molecule has 0 bridgehead atoms. The molecule has 1 atom stereocenters. The standard InChI is InChI=1S/C14H17N5O2/c1-4-10-15-14-9(5-6-12(21-3)19(14)18-10)13-8(2)7-11(20)16-17-13/h5-6,8H,4,7H2,1-3H3,(H,16,20). The Balaban J connectivity index is 2.19. The van der Waals surface area contributed by atoms with Crippen LogP contribution in [0.4, 0.5) is 0 Å². The van der Waals surface area contributed by atoms with E-state index in [4.69, 9.17) is 4.74 Å². The summed E-state index contributed by atoms with van der Waals surface area (Å²) in [5.74, 6) is 1.34. The molecule has 2 aromatic rings. The van der Waals surface area contributed by atoms with Gasteiger partial charge >= 0.3 is 0 Å². The maximum atomic E-state index is 11.4. The average molecular weight is 287 g/mol. The second-order valence-corrected chi connectivity index (χ2v) is 5.04. The first-order valence-corrected chi connectivity index (χ1v) is 6.93. The lowest BCUT2D eigenvalue weighted by Crippen LogP contribution is -2.32. The number of rotatable bonds is 3. The summed E-state index contributed by atoms with van der Waals surface area (Å²) in [7, 11) is 1.60. The average Bonchev–Trinajstić information content (AvgIpc) is 2.91. The summed E-state index contributed by atoms with van der Waals surface area (Å²) in [6.45, 7) is 3.98. The van der Waals surface area contributed by atoms with Crippen molar-refractivity contribution in [2.24, 2.45) is 11.0 Å². The number of ether oxygens (including phenoxy) is 1. The Kier molecular flexibility index (Phi) is 3.32. The van der Waals surface area contributed by atoms with E-state index in [1.807, 2.05) is 26.0 Å². The summed E-state index contributed by atoms with van der Waals surface area (Å²) in [4.78, 5) is 15.9. The second kappa shape index (κ2) is 5.16. The molecule has 1 N–H and O–H groups in total. The molecule has 3 rings (SSSR count). The van der Waals surface area contributed by atoms with Crippen molar-refractivity contribution in [2.45, 2.75) is 26.7 Å². The van der Waals surface area contributed by atoms with Gasteiger partial charge in [-0.2, -0.15) is 9.62 Å². The minimum absolute atomic E-state index is 0.0396. The van der Waals surface area contributed by atoms with Crippen molar-refractivity contribution in [1.82, 2.24) is 20.0 Å². The van der Waals surface area contributed by atoms with Gasteiger partial charge in [0.25, 0.3) is 0 Å². The van der Waals surface area contributed by atoms with Crippen molar-refractivity contribution < 1.29 is 9.53 Å². The fraction of sp³-hybridized carbons (Fsp3) is 0.429. The highest BCUT2D eigenvalue weighted by atomic mass is 16.5. The van der Waals surface area contributed by atoms with Crippen LogP contribution in [0.15, 0.2) is 17.2 Å². The number of amides is 1. The summed E-state index contributed by atoms with van der Waals surface area (Å²) in [5.41, 5.74) is 4.93. The lowest BCUT2D eigenvalue weighted by Gasteiger charge is -2.19. The number of hydrazone groups is 1. The lowest BCUT2D eigenvalue weighted by atomic mass is 9.95. The van der Waals surface area contributed by atoms with Gasteiger partial charge in [-0.05, 0) is 6.07 Å². The van der Waals surface area contributed by atoms with E-state index in [1.54, 1.807) is 11.6 Å². The Labute approximate surface area is 122 Å². The fourth-order valence-electron chi connectivity index (χ4n) is 2.47. The van der Waals surface area contributed by atoms with Gasteiger partial charge in [0.15, 0.2) is 11.5 Å². The van der Waals surface area contributed by atoms with E-state index in [0.717, 1.165) is 23.5 Å². The van der Waals surface area contributed by atoms with Crippen LogP contribution in [0.1, 0.15) is 31.7 Å². The first-order chi connectivity index (χ1) is 10.1. The molecule has 3 heterocycles. The normalized spacial score (nSPS) is 18.5. The smallest absolute Gasteiger partial charge is 0.240 e.